The predicted octanol–water partition coefficient (Wildman–Crippen LogP) is 2.46. The van der Waals surface area contributed by atoms with Crippen LogP contribution in [0.1, 0.15) is 16.2 Å². The number of aromatic nitrogens is 3. The van der Waals surface area contributed by atoms with Crippen molar-refractivity contribution in [3.8, 4) is 11.3 Å². The van der Waals surface area contributed by atoms with E-state index in [9.17, 15) is 13.2 Å². The van der Waals surface area contributed by atoms with Crippen molar-refractivity contribution in [1.29, 1.82) is 0 Å². The molecule has 0 unspecified atom stereocenters. The van der Waals surface area contributed by atoms with Crippen LogP contribution in [0.15, 0.2) is 53.6 Å². The molecule has 9 heteroatoms. The van der Waals surface area contributed by atoms with Crippen LogP contribution in [0.2, 0.25) is 5.02 Å². The monoisotopic (exact) mass is 390 g/mol. The molecule has 0 spiro atoms. The molecule has 0 saturated heterocycles. The topological polar surface area (TPSA) is 105 Å². The van der Waals surface area contributed by atoms with Crippen LogP contribution in [0, 0.1) is 0 Å². The van der Waals surface area contributed by atoms with Crippen LogP contribution < -0.4 is 5.32 Å². The number of halogens is 1. The number of amides is 1. The van der Waals surface area contributed by atoms with Gasteiger partial charge in [-0.3, -0.25) is 14.9 Å². The molecule has 3 aromatic rings. The molecule has 1 aromatic carbocycles. The molecule has 1 amide bonds. The second kappa shape index (κ2) is 7.27. The van der Waals surface area contributed by atoms with Crippen molar-refractivity contribution < 1.29 is 13.2 Å². The van der Waals surface area contributed by atoms with Gasteiger partial charge in [-0.25, -0.2) is 8.42 Å². The zero-order valence-electron chi connectivity index (χ0n) is 13.7. The number of H-pyrrole nitrogens is 1. The minimum atomic E-state index is -3.43. The molecule has 0 fully saturated rings. The molecule has 0 saturated carbocycles. The van der Waals surface area contributed by atoms with Gasteiger partial charge in [0.1, 0.15) is 5.69 Å². The first-order valence-electron chi connectivity index (χ1n) is 7.58. The Labute approximate surface area is 155 Å². The molecular formula is C17H15ClN4O3S. The fourth-order valence-corrected chi connectivity index (χ4v) is 3.36. The largest absolute Gasteiger partial charge is 0.345 e. The molecule has 2 N–H and O–H groups in total. The van der Waals surface area contributed by atoms with Crippen LogP contribution in [-0.4, -0.2) is 35.8 Å². The first-order chi connectivity index (χ1) is 12.3. The molecule has 0 aliphatic carbocycles. The highest BCUT2D eigenvalue weighted by Gasteiger charge is 2.16. The Kier molecular flexibility index (Phi) is 5.06. The molecule has 2 aromatic heterocycles. The van der Waals surface area contributed by atoms with Crippen LogP contribution in [0.3, 0.4) is 0 Å². The molecule has 134 valence electrons. The SMILES string of the molecule is CS(=O)(=O)c1cccnc1CNC(=O)c1cc(-c2ccc(Cl)cc2)n[nH]1. The number of carbonyl (C=O) groups is 1. The second-order valence-corrected chi connectivity index (χ2v) is 8.00. The van der Waals surface area contributed by atoms with E-state index in [1.165, 1.54) is 18.3 Å². The van der Waals surface area contributed by atoms with E-state index in [1.54, 1.807) is 30.3 Å². The standard InChI is InChI=1S/C17H15ClN4O3S/c1-26(24,25)16-3-2-8-19-15(16)10-20-17(23)14-9-13(21-22-14)11-4-6-12(18)7-5-11/h2-9H,10H2,1H3,(H,20,23)(H,21,22). The lowest BCUT2D eigenvalue weighted by molar-refractivity contribution is 0.0945. The highest BCUT2D eigenvalue weighted by atomic mass is 35.5. The summed E-state index contributed by atoms with van der Waals surface area (Å²) in [5.74, 6) is -0.414. The molecule has 3 rings (SSSR count). The third-order valence-corrected chi connectivity index (χ3v) is 5.05. The van der Waals surface area contributed by atoms with Gasteiger partial charge < -0.3 is 5.32 Å². The smallest absolute Gasteiger partial charge is 0.269 e. The van der Waals surface area contributed by atoms with Crippen molar-refractivity contribution >= 4 is 27.3 Å². The first kappa shape index (κ1) is 18.1. The third-order valence-electron chi connectivity index (χ3n) is 3.63. The number of aromatic amines is 1. The predicted molar refractivity (Wildman–Crippen MR) is 97.6 cm³/mol. The van der Waals surface area contributed by atoms with Gasteiger partial charge in [0, 0.05) is 23.0 Å². The number of hydrogen-bond donors (Lipinski definition) is 2. The van der Waals surface area contributed by atoms with Gasteiger partial charge in [0.25, 0.3) is 5.91 Å². The lowest BCUT2D eigenvalue weighted by atomic mass is 10.1. The third kappa shape index (κ3) is 4.09. The summed E-state index contributed by atoms with van der Waals surface area (Å²) < 4.78 is 23.5. The van der Waals surface area contributed by atoms with Gasteiger partial charge in [0.05, 0.1) is 22.8 Å². The number of carbonyl (C=O) groups excluding carboxylic acids is 1. The van der Waals surface area contributed by atoms with E-state index in [4.69, 9.17) is 11.6 Å². The lowest BCUT2D eigenvalue weighted by Gasteiger charge is -2.07. The Hall–Kier alpha value is -2.71. The number of nitrogens with zero attached hydrogens (tertiary/aromatic N) is 2. The number of nitrogens with one attached hydrogen (secondary N) is 2. The van der Waals surface area contributed by atoms with Crippen molar-refractivity contribution in [3.05, 3.63) is 65.1 Å². The Bertz CT molecular complexity index is 1050. The Morgan fingerprint density at radius 3 is 2.65 bits per heavy atom. The normalized spacial score (nSPS) is 11.3. The summed E-state index contributed by atoms with van der Waals surface area (Å²) in [6.07, 6.45) is 2.58. The summed E-state index contributed by atoms with van der Waals surface area (Å²) in [7, 11) is -3.43. The number of hydrogen-bond acceptors (Lipinski definition) is 5. The summed E-state index contributed by atoms with van der Waals surface area (Å²) in [5.41, 5.74) is 1.95. The van der Waals surface area contributed by atoms with Gasteiger partial charge in [0.15, 0.2) is 9.84 Å². The Morgan fingerprint density at radius 2 is 1.96 bits per heavy atom. The molecule has 7 nitrogen and oxygen atoms in total. The Morgan fingerprint density at radius 1 is 1.23 bits per heavy atom. The highest BCUT2D eigenvalue weighted by Crippen LogP contribution is 2.20. The van der Waals surface area contributed by atoms with E-state index in [0.29, 0.717) is 10.7 Å². The number of sulfone groups is 1. The van der Waals surface area contributed by atoms with Crippen LogP contribution in [0.5, 0.6) is 0 Å². The molecule has 0 aliphatic heterocycles. The molecule has 0 radical (unpaired) electrons. The van der Waals surface area contributed by atoms with Crippen molar-refractivity contribution in [3.63, 3.8) is 0 Å². The van der Waals surface area contributed by atoms with Gasteiger partial charge in [0.2, 0.25) is 0 Å². The fourth-order valence-electron chi connectivity index (χ4n) is 2.36. The summed E-state index contributed by atoms with van der Waals surface area (Å²) in [6, 6.07) is 11.7. The number of benzene rings is 1. The maximum atomic E-state index is 12.3. The molecule has 2 heterocycles. The van der Waals surface area contributed by atoms with Gasteiger partial charge in [-0.1, -0.05) is 23.7 Å². The minimum Gasteiger partial charge on any atom is -0.345 e. The lowest BCUT2D eigenvalue weighted by Crippen LogP contribution is -2.24. The maximum Gasteiger partial charge on any atom is 0.269 e. The molecular weight excluding hydrogens is 376 g/mol. The minimum absolute atomic E-state index is 0.0165. The van der Waals surface area contributed by atoms with Crippen LogP contribution >= 0.6 is 11.6 Å². The van der Waals surface area contributed by atoms with E-state index in [2.05, 4.69) is 20.5 Å². The second-order valence-electron chi connectivity index (χ2n) is 5.58. The van der Waals surface area contributed by atoms with Crippen LogP contribution in [0.25, 0.3) is 11.3 Å². The van der Waals surface area contributed by atoms with Crippen molar-refractivity contribution in [1.82, 2.24) is 20.5 Å². The highest BCUT2D eigenvalue weighted by molar-refractivity contribution is 7.90. The Balaban J connectivity index is 1.73. The number of rotatable bonds is 5. The molecule has 0 aliphatic rings. The zero-order valence-corrected chi connectivity index (χ0v) is 15.3. The zero-order chi connectivity index (χ0) is 18.7. The van der Waals surface area contributed by atoms with Crippen molar-refractivity contribution in [2.45, 2.75) is 11.4 Å². The van der Waals surface area contributed by atoms with Gasteiger partial charge in [-0.15, -0.1) is 0 Å². The van der Waals surface area contributed by atoms with Crippen LogP contribution in [-0.2, 0) is 16.4 Å². The summed E-state index contributed by atoms with van der Waals surface area (Å²) in [5, 5.41) is 10.0. The van der Waals surface area contributed by atoms with E-state index in [0.717, 1.165) is 11.8 Å². The summed E-state index contributed by atoms with van der Waals surface area (Å²) in [6.45, 7) is -0.0165. The van der Waals surface area contributed by atoms with E-state index in [-0.39, 0.29) is 22.8 Å². The molecule has 0 atom stereocenters. The van der Waals surface area contributed by atoms with Gasteiger partial charge in [-0.2, -0.15) is 5.10 Å². The summed E-state index contributed by atoms with van der Waals surface area (Å²) >= 11 is 5.86. The fraction of sp³-hybridized carbons (Fsp3) is 0.118. The molecule has 0 bridgehead atoms. The van der Waals surface area contributed by atoms with Crippen molar-refractivity contribution in [2.24, 2.45) is 0 Å². The average molecular weight is 391 g/mol. The molecule has 26 heavy (non-hydrogen) atoms. The first-order valence-corrected chi connectivity index (χ1v) is 9.85. The maximum absolute atomic E-state index is 12.3. The van der Waals surface area contributed by atoms with E-state index < -0.39 is 15.7 Å². The van der Waals surface area contributed by atoms with E-state index >= 15 is 0 Å². The van der Waals surface area contributed by atoms with Crippen LogP contribution in [0.4, 0.5) is 0 Å². The van der Waals surface area contributed by atoms with E-state index in [1.807, 2.05) is 0 Å². The van der Waals surface area contributed by atoms with Crippen molar-refractivity contribution in [2.75, 3.05) is 6.26 Å². The number of pyridine rings is 1. The van der Waals surface area contributed by atoms with Gasteiger partial charge in [-0.05, 0) is 30.3 Å². The summed E-state index contributed by atoms with van der Waals surface area (Å²) in [4.78, 5) is 16.4. The average Bonchev–Trinajstić information content (AvgIpc) is 3.10. The van der Waals surface area contributed by atoms with Gasteiger partial charge >= 0.3 is 0 Å². The quantitative estimate of drug-likeness (QED) is 0.696.